The lowest BCUT2D eigenvalue weighted by molar-refractivity contribution is -0.113. The number of nitrogens with one attached hydrogen (secondary N) is 1. The van der Waals surface area contributed by atoms with Crippen LogP contribution in [0.4, 0.5) is 21.9 Å². The van der Waals surface area contributed by atoms with Crippen LogP contribution in [0, 0.1) is 5.92 Å². The van der Waals surface area contributed by atoms with Crippen molar-refractivity contribution in [3.8, 4) is 0 Å². The van der Waals surface area contributed by atoms with Gasteiger partial charge in [-0.15, -0.1) is 0 Å². The first-order valence-electron chi connectivity index (χ1n) is 12.4. The molecule has 1 fully saturated rings. The summed E-state index contributed by atoms with van der Waals surface area (Å²) in [5, 5.41) is 9.73. The maximum absolute atomic E-state index is 14.1. The Morgan fingerprint density at radius 3 is 2.33 bits per heavy atom. The first kappa shape index (κ1) is 24.3. The molecule has 1 aliphatic heterocycles. The molecule has 0 unspecified atom stereocenters. The minimum Gasteiger partial charge on any atom is -0.325 e. The SMILES string of the molecule is O=C(CBr)Nc1ccc(N2C(=O)N(Cc3ccccc3)N=C(C3CCCCC3)c3ccccc32)cc1. The van der Waals surface area contributed by atoms with Gasteiger partial charge in [0.2, 0.25) is 5.91 Å². The van der Waals surface area contributed by atoms with Gasteiger partial charge < -0.3 is 5.32 Å². The molecule has 5 rings (SSSR count). The van der Waals surface area contributed by atoms with Gasteiger partial charge in [-0.1, -0.05) is 83.7 Å². The number of halogens is 1. The quantitative estimate of drug-likeness (QED) is 0.337. The molecule has 0 spiro atoms. The van der Waals surface area contributed by atoms with Gasteiger partial charge in [-0.2, -0.15) is 5.10 Å². The van der Waals surface area contributed by atoms with Crippen molar-refractivity contribution in [1.82, 2.24) is 5.01 Å². The smallest absolute Gasteiger partial charge is 0.325 e. The molecule has 2 aliphatic rings. The number of urea groups is 1. The Hall–Kier alpha value is -3.45. The second-order valence-corrected chi connectivity index (χ2v) is 9.79. The lowest BCUT2D eigenvalue weighted by Gasteiger charge is -2.27. The van der Waals surface area contributed by atoms with Crippen LogP contribution in [0.2, 0.25) is 0 Å². The predicted molar refractivity (Wildman–Crippen MR) is 148 cm³/mol. The number of anilines is 3. The number of carbonyl (C=O) groups excluding carboxylic acids is 2. The van der Waals surface area contributed by atoms with E-state index < -0.39 is 0 Å². The Kier molecular flexibility index (Phi) is 7.47. The molecule has 6 nitrogen and oxygen atoms in total. The molecule has 1 aliphatic carbocycles. The molecule has 0 atom stereocenters. The first-order valence-corrected chi connectivity index (χ1v) is 13.6. The van der Waals surface area contributed by atoms with E-state index in [-0.39, 0.29) is 17.3 Å². The Balaban J connectivity index is 1.58. The Labute approximate surface area is 220 Å². The molecule has 0 aromatic heterocycles. The van der Waals surface area contributed by atoms with Gasteiger partial charge in [-0.05, 0) is 48.7 Å². The Morgan fingerprint density at radius 2 is 1.61 bits per heavy atom. The number of fused-ring (bicyclic) bond motifs is 1. The molecule has 1 heterocycles. The molecule has 7 heteroatoms. The predicted octanol–water partition coefficient (Wildman–Crippen LogP) is 7.08. The van der Waals surface area contributed by atoms with Gasteiger partial charge >= 0.3 is 6.03 Å². The summed E-state index contributed by atoms with van der Waals surface area (Å²) in [6.07, 6.45) is 5.79. The third-order valence-electron chi connectivity index (χ3n) is 6.76. The summed E-state index contributed by atoms with van der Waals surface area (Å²) in [6, 6.07) is 25.2. The monoisotopic (exact) mass is 544 g/mol. The highest BCUT2D eigenvalue weighted by molar-refractivity contribution is 9.09. The lowest BCUT2D eigenvalue weighted by atomic mass is 9.83. The van der Waals surface area contributed by atoms with Gasteiger partial charge in [0.05, 0.1) is 29.0 Å². The normalized spacial score (nSPS) is 16.2. The van der Waals surface area contributed by atoms with Crippen LogP contribution in [0.15, 0.2) is 84.0 Å². The summed E-state index contributed by atoms with van der Waals surface area (Å²) < 4.78 is 0. The summed E-state index contributed by atoms with van der Waals surface area (Å²) >= 11 is 3.17. The van der Waals surface area contributed by atoms with Gasteiger partial charge in [0.1, 0.15) is 0 Å². The molecule has 3 aromatic rings. The topological polar surface area (TPSA) is 65.0 Å². The molecule has 3 amide bonds. The van der Waals surface area contributed by atoms with Crippen LogP contribution in [0.3, 0.4) is 0 Å². The van der Waals surface area contributed by atoms with E-state index in [1.54, 1.807) is 9.91 Å². The van der Waals surface area contributed by atoms with Gasteiger partial charge in [-0.3, -0.25) is 9.69 Å². The van der Waals surface area contributed by atoms with E-state index in [4.69, 9.17) is 5.10 Å². The summed E-state index contributed by atoms with van der Waals surface area (Å²) in [4.78, 5) is 27.7. The standard InChI is InChI=1S/C29H29BrN4O2/c30-19-27(35)31-23-15-17-24(18-16-23)34-26-14-8-7-13-25(26)28(22-11-5-2-6-12-22)32-33(29(34)36)20-21-9-3-1-4-10-21/h1,3-4,7-10,13-18,22H,2,5-6,11-12,19-20H2,(H,31,35). The summed E-state index contributed by atoms with van der Waals surface area (Å²) in [5.74, 6) is 0.200. The number of alkyl halides is 1. The van der Waals surface area contributed by atoms with Crippen molar-refractivity contribution in [2.24, 2.45) is 11.0 Å². The second kappa shape index (κ2) is 11.1. The lowest BCUT2D eigenvalue weighted by Crippen LogP contribution is -2.36. The van der Waals surface area contributed by atoms with E-state index in [9.17, 15) is 9.59 Å². The average molecular weight is 545 g/mol. The van der Waals surface area contributed by atoms with E-state index in [1.165, 1.54) is 19.3 Å². The fourth-order valence-electron chi connectivity index (χ4n) is 5.01. The molecule has 36 heavy (non-hydrogen) atoms. The number of hydrogen-bond acceptors (Lipinski definition) is 3. The highest BCUT2D eigenvalue weighted by atomic mass is 79.9. The zero-order valence-corrected chi connectivity index (χ0v) is 21.7. The van der Waals surface area contributed by atoms with Crippen molar-refractivity contribution < 1.29 is 9.59 Å². The number of amides is 3. The van der Waals surface area contributed by atoms with Gasteiger partial charge in [0.15, 0.2) is 0 Å². The molecule has 184 valence electrons. The fraction of sp³-hybridized carbons (Fsp3) is 0.276. The van der Waals surface area contributed by atoms with Gasteiger partial charge in [0, 0.05) is 17.2 Å². The molecular formula is C29H29BrN4O2. The third-order valence-corrected chi connectivity index (χ3v) is 7.27. The molecule has 0 saturated heterocycles. The Bertz CT molecular complexity index is 1250. The number of carbonyl (C=O) groups is 2. The van der Waals surface area contributed by atoms with Gasteiger partial charge in [-0.25, -0.2) is 9.80 Å². The van der Waals surface area contributed by atoms with Crippen LogP contribution >= 0.6 is 15.9 Å². The number of nitrogens with zero attached hydrogens (tertiary/aromatic N) is 3. The summed E-state index contributed by atoms with van der Waals surface area (Å²) in [5.41, 5.74) is 5.26. The number of rotatable bonds is 6. The van der Waals surface area contributed by atoms with Crippen LogP contribution in [0.1, 0.15) is 43.2 Å². The fourth-order valence-corrected chi connectivity index (χ4v) is 5.15. The number of hydrazone groups is 1. The molecule has 1 saturated carbocycles. The number of hydrogen-bond donors (Lipinski definition) is 1. The van der Waals surface area contributed by atoms with E-state index in [2.05, 4.69) is 27.3 Å². The minimum absolute atomic E-state index is 0.126. The highest BCUT2D eigenvalue weighted by Gasteiger charge is 2.34. The van der Waals surface area contributed by atoms with Crippen LogP contribution in [-0.2, 0) is 11.3 Å². The highest BCUT2D eigenvalue weighted by Crippen LogP contribution is 2.38. The zero-order chi connectivity index (χ0) is 24.9. The van der Waals surface area contributed by atoms with Crippen molar-refractivity contribution in [1.29, 1.82) is 0 Å². The molecule has 3 aromatic carbocycles. The van der Waals surface area contributed by atoms with Crippen molar-refractivity contribution in [2.45, 2.75) is 38.6 Å². The van der Waals surface area contributed by atoms with E-state index in [0.717, 1.165) is 41.1 Å². The zero-order valence-electron chi connectivity index (χ0n) is 20.1. The largest absolute Gasteiger partial charge is 0.349 e. The third kappa shape index (κ3) is 5.21. The average Bonchev–Trinajstić information content (AvgIpc) is 3.04. The maximum Gasteiger partial charge on any atom is 0.349 e. The van der Waals surface area contributed by atoms with Crippen LogP contribution in [0.5, 0.6) is 0 Å². The second-order valence-electron chi connectivity index (χ2n) is 9.23. The van der Waals surface area contributed by atoms with Crippen molar-refractivity contribution in [3.63, 3.8) is 0 Å². The first-order chi connectivity index (χ1) is 17.6. The van der Waals surface area contributed by atoms with Gasteiger partial charge in [0.25, 0.3) is 0 Å². The van der Waals surface area contributed by atoms with E-state index in [0.29, 0.717) is 18.2 Å². The Morgan fingerprint density at radius 1 is 0.917 bits per heavy atom. The molecule has 0 bridgehead atoms. The summed E-state index contributed by atoms with van der Waals surface area (Å²) in [6.45, 7) is 0.389. The number of para-hydroxylation sites is 1. The molecular weight excluding hydrogens is 516 g/mol. The molecule has 1 N–H and O–H groups in total. The van der Waals surface area contributed by atoms with Crippen LogP contribution < -0.4 is 10.2 Å². The molecule has 0 radical (unpaired) electrons. The summed E-state index contributed by atoms with van der Waals surface area (Å²) in [7, 11) is 0. The van der Waals surface area contributed by atoms with Crippen molar-refractivity contribution in [3.05, 3.63) is 90.0 Å². The number of benzene rings is 3. The van der Waals surface area contributed by atoms with Crippen LogP contribution in [-0.4, -0.2) is 28.0 Å². The van der Waals surface area contributed by atoms with Crippen LogP contribution in [0.25, 0.3) is 0 Å². The van der Waals surface area contributed by atoms with E-state index >= 15 is 0 Å². The minimum atomic E-state index is -0.200. The van der Waals surface area contributed by atoms with E-state index in [1.807, 2.05) is 72.8 Å². The van der Waals surface area contributed by atoms with Crippen molar-refractivity contribution in [2.75, 3.05) is 15.5 Å². The maximum atomic E-state index is 14.1. The van der Waals surface area contributed by atoms with Crippen molar-refractivity contribution >= 4 is 50.6 Å².